The van der Waals surface area contributed by atoms with Crippen LogP contribution in [-0.4, -0.2) is 28.2 Å². The highest BCUT2D eigenvalue weighted by Gasteiger charge is 2.18. The second-order valence-electron chi connectivity index (χ2n) is 5.58. The number of para-hydroxylation sites is 1. The van der Waals surface area contributed by atoms with Crippen molar-refractivity contribution in [2.45, 2.75) is 39.1 Å². The largest absolute Gasteiger partial charge is 0.312 e. The van der Waals surface area contributed by atoms with Gasteiger partial charge in [0.05, 0.1) is 11.4 Å². The maximum atomic E-state index is 12.7. The summed E-state index contributed by atoms with van der Waals surface area (Å²) in [6.45, 7) is 8.32. The first-order chi connectivity index (χ1) is 12.0. The Morgan fingerprint density at radius 3 is 2.56 bits per heavy atom. The molecule has 0 spiro atoms. The highest BCUT2D eigenvalue weighted by Crippen LogP contribution is 2.25. The lowest BCUT2D eigenvalue weighted by atomic mass is 10.2. The molecule has 0 atom stereocenters. The standard InChI is InChI=1S/C19H22N4OS/c1-5-17-21-14(4)15(11-20)19(22-17)25-12-18(24)23(6-2)16-10-8-7-9-13(16)3/h7-10H,5-6,12H2,1-4H3. The van der Waals surface area contributed by atoms with Gasteiger partial charge in [0.2, 0.25) is 5.91 Å². The van der Waals surface area contributed by atoms with E-state index in [2.05, 4.69) is 16.0 Å². The van der Waals surface area contributed by atoms with E-state index in [1.807, 2.05) is 45.0 Å². The number of nitrogens with zero attached hydrogens (tertiary/aromatic N) is 4. The van der Waals surface area contributed by atoms with E-state index in [4.69, 9.17) is 0 Å². The van der Waals surface area contributed by atoms with E-state index in [-0.39, 0.29) is 11.7 Å². The van der Waals surface area contributed by atoms with Crippen LogP contribution in [0.25, 0.3) is 0 Å². The fourth-order valence-electron chi connectivity index (χ4n) is 2.55. The van der Waals surface area contributed by atoms with E-state index in [0.717, 1.165) is 11.3 Å². The minimum Gasteiger partial charge on any atom is -0.312 e. The van der Waals surface area contributed by atoms with Crippen molar-refractivity contribution in [3.05, 3.63) is 46.9 Å². The lowest BCUT2D eigenvalue weighted by molar-refractivity contribution is -0.116. The Kier molecular flexibility index (Phi) is 6.54. The van der Waals surface area contributed by atoms with E-state index < -0.39 is 0 Å². The molecule has 1 aromatic carbocycles. The zero-order valence-electron chi connectivity index (χ0n) is 15.0. The molecule has 1 amide bonds. The molecule has 0 saturated heterocycles. The molecular formula is C19H22N4OS. The van der Waals surface area contributed by atoms with Crippen LogP contribution in [0.3, 0.4) is 0 Å². The second kappa shape index (κ2) is 8.63. The zero-order chi connectivity index (χ0) is 18.4. The number of hydrogen-bond donors (Lipinski definition) is 0. The van der Waals surface area contributed by atoms with Crippen LogP contribution in [0.5, 0.6) is 0 Å². The number of carbonyl (C=O) groups is 1. The molecule has 0 fully saturated rings. The highest BCUT2D eigenvalue weighted by molar-refractivity contribution is 8.00. The minimum atomic E-state index is 0.00000331. The molecule has 0 aliphatic carbocycles. The molecule has 2 rings (SSSR count). The molecule has 0 bridgehead atoms. The van der Waals surface area contributed by atoms with Crippen molar-refractivity contribution in [2.75, 3.05) is 17.2 Å². The van der Waals surface area contributed by atoms with Gasteiger partial charge in [-0.1, -0.05) is 36.9 Å². The van der Waals surface area contributed by atoms with Crippen LogP contribution in [0.2, 0.25) is 0 Å². The van der Waals surface area contributed by atoms with E-state index in [1.165, 1.54) is 11.8 Å². The third-order valence-corrected chi connectivity index (χ3v) is 4.85. The van der Waals surface area contributed by atoms with Gasteiger partial charge in [-0.3, -0.25) is 4.79 Å². The average molecular weight is 354 g/mol. The molecule has 0 saturated carbocycles. The number of aryl methyl sites for hydroxylation is 3. The second-order valence-corrected chi connectivity index (χ2v) is 6.55. The smallest absolute Gasteiger partial charge is 0.237 e. The molecule has 0 radical (unpaired) electrons. The molecular weight excluding hydrogens is 332 g/mol. The molecule has 25 heavy (non-hydrogen) atoms. The first-order valence-corrected chi connectivity index (χ1v) is 9.26. The summed E-state index contributed by atoms with van der Waals surface area (Å²) < 4.78 is 0. The van der Waals surface area contributed by atoms with Gasteiger partial charge in [0.1, 0.15) is 22.5 Å². The Morgan fingerprint density at radius 2 is 1.96 bits per heavy atom. The Hall–Kier alpha value is -2.39. The van der Waals surface area contributed by atoms with Gasteiger partial charge in [0.25, 0.3) is 0 Å². The number of anilines is 1. The number of rotatable bonds is 6. The third-order valence-electron chi connectivity index (χ3n) is 3.89. The number of thioether (sulfide) groups is 1. The maximum absolute atomic E-state index is 12.7. The lowest BCUT2D eigenvalue weighted by Gasteiger charge is -2.22. The Morgan fingerprint density at radius 1 is 1.24 bits per heavy atom. The summed E-state index contributed by atoms with van der Waals surface area (Å²) >= 11 is 1.30. The number of benzene rings is 1. The van der Waals surface area contributed by atoms with Gasteiger partial charge in [0.15, 0.2) is 0 Å². The number of amides is 1. The summed E-state index contributed by atoms with van der Waals surface area (Å²) in [5.74, 6) is 0.925. The average Bonchev–Trinajstić information content (AvgIpc) is 2.61. The molecule has 5 nitrogen and oxygen atoms in total. The van der Waals surface area contributed by atoms with Crippen molar-refractivity contribution < 1.29 is 4.79 Å². The molecule has 1 aromatic heterocycles. The number of hydrogen-bond acceptors (Lipinski definition) is 5. The van der Waals surface area contributed by atoms with Crippen molar-refractivity contribution in [3.8, 4) is 6.07 Å². The maximum Gasteiger partial charge on any atom is 0.237 e. The fraction of sp³-hybridized carbons (Fsp3) is 0.368. The van der Waals surface area contributed by atoms with Crippen LogP contribution in [0.15, 0.2) is 29.3 Å². The molecule has 6 heteroatoms. The van der Waals surface area contributed by atoms with Crippen LogP contribution >= 0.6 is 11.8 Å². The van der Waals surface area contributed by atoms with Gasteiger partial charge in [-0.05, 0) is 32.4 Å². The van der Waals surface area contributed by atoms with Crippen molar-refractivity contribution >= 4 is 23.4 Å². The first-order valence-electron chi connectivity index (χ1n) is 8.28. The van der Waals surface area contributed by atoms with Crippen LogP contribution < -0.4 is 4.90 Å². The summed E-state index contributed by atoms with van der Waals surface area (Å²) in [5, 5.41) is 9.94. The van der Waals surface area contributed by atoms with Crippen molar-refractivity contribution in [3.63, 3.8) is 0 Å². The zero-order valence-corrected chi connectivity index (χ0v) is 15.9. The monoisotopic (exact) mass is 354 g/mol. The lowest BCUT2D eigenvalue weighted by Crippen LogP contribution is -2.32. The van der Waals surface area contributed by atoms with Gasteiger partial charge < -0.3 is 4.90 Å². The molecule has 0 aliphatic heterocycles. The van der Waals surface area contributed by atoms with Gasteiger partial charge in [-0.25, -0.2) is 9.97 Å². The minimum absolute atomic E-state index is 0.00000331. The summed E-state index contributed by atoms with van der Waals surface area (Å²) in [6.07, 6.45) is 0.693. The van der Waals surface area contributed by atoms with Crippen molar-refractivity contribution in [2.24, 2.45) is 0 Å². The topological polar surface area (TPSA) is 69.9 Å². The van der Waals surface area contributed by atoms with Crippen molar-refractivity contribution in [1.29, 1.82) is 5.26 Å². The number of aromatic nitrogens is 2. The number of carbonyl (C=O) groups excluding carboxylic acids is 1. The Balaban J connectivity index is 2.20. The van der Waals surface area contributed by atoms with E-state index in [9.17, 15) is 10.1 Å². The Labute approximate surface area is 153 Å². The van der Waals surface area contributed by atoms with Gasteiger partial charge in [0, 0.05) is 18.7 Å². The van der Waals surface area contributed by atoms with Gasteiger partial charge in [-0.2, -0.15) is 5.26 Å². The van der Waals surface area contributed by atoms with Crippen molar-refractivity contribution in [1.82, 2.24) is 9.97 Å². The molecule has 0 unspecified atom stereocenters. The van der Waals surface area contributed by atoms with Crippen LogP contribution in [0.1, 0.15) is 36.5 Å². The fourth-order valence-corrected chi connectivity index (χ4v) is 3.47. The molecule has 0 aliphatic rings. The van der Waals surface area contributed by atoms with E-state index in [0.29, 0.717) is 35.1 Å². The predicted octanol–water partition coefficient (Wildman–Crippen LogP) is 3.67. The molecule has 1 heterocycles. The van der Waals surface area contributed by atoms with Crippen LogP contribution in [0.4, 0.5) is 5.69 Å². The summed E-state index contributed by atoms with van der Waals surface area (Å²) in [4.78, 5) is 23.2. The number of nitriles is 1. The van der Waals surface area contributed by atoms with E-state index in [1.54, 1.807) is 11.8 Å². The predicted molar refractivity (Wildman–Crippen MR) is 101 cm³/mol. The molecule has 130 valence electrons. The van der Waals surface area contributed by atoms with Gasteiger partial charge >= 0.3 is 0 Å². The first kappa shape index (κ1) is 18.9. The van der Waals surface area contributed by atoms with Crippen LogP contribution in [0, 0.1) is 25.2 Å². The molecule has 2 aromatic rings. The highest BCUT2D eigenvalue weighted by atomic mass is 32.2. The quantitative estimate of drug-likeness (QED) is 0.585. The molecule has 0 N–H and O–H groups in total. The summed E-state index contributed by atoms with van der Waals surface area (Å²) in [6, 6.07) is 9.99. The summed E-state index contributed by atoms with van der Waals surface area (Å²) in [7, 11) is 0. The van der Waals surface area contributed by atoms with E-state index >= 15 is 0 Å². The third kappa shape index (κ3) is 4.37. The SMILES string of the molecule is CCc1nc(C)c(C#N)c(SCC(=O)N(CC)c2ccccc2C)n1. The summed E-state index contributed by atoms with van der Waals surface area (Å²) in [5.41, 5.74) is 3.10. The Bertz CT molecular complexity index is 814. The normalized spacial score (nSPS) is 10.4. The van der Waals surface area contributed by atoms with Crippen LogP contribution in [-0.2, 0) is 11.2 Å². The van der Waals surface area contributed by atoms with Gasteiger partial charge in [-0.15, -0.1) is 0 Å².